The van der Waals surface area contributed by atoms with Crippen LogP contribution in [-0.4, -0.2) is 50.5 Å². The van der Waals surface area contributed by atoms with Gasteiger partial charge in [-0.3, -0.25) is 13.9 Å². The first-order valence-corrected chi connectivity index (χ1v) is 15.1. The van der Waals surface area contributed by atoms with Gasteiger partial charge >= 0.3 is 0 Å². The summed E-state index contributed by atoms with van der Waals surface area (Å²) >= 11 is 6.10. The Hall–Kier alpha value is -3.36. The molecule has 0 heterocycles. The van der Waals surface area contributed by atoms with Gasteiger partial charge in [0.2, 0.25) is 21.8 Å². The lowest BCUT2D eigenvalue weighted by Crippen LogP contribution is -2.53. The third kappa shape index (κ3) is 8.83. The SMILES string of the molecule is Cc1cc(Cl)ccc1N(CC(=O)N(Cc1ccccc1)C(Cc1ccccc1)C(=O)NCC(C)C)S(C)(=O)=O. The summed E-state index contributed by atoms with van der Waals surface area (Å²) in [6, 6.07) is 22.8. The molecule has 0 aliphatic heterocycles. The largest absolute Gasteiger partial charge is 0.354 e. The fourth-order valence-electron chi connectivity index (χ4n) is 4.25. The van der Waals surface area contributed by atoms with E-state index >= 15 is 0 Å². The average molecular weight is 570 g/mol. The van der Waals surface area contributed by atoms with Crippen molar-refractivity contribution in [2.45, 2.75) is 39.8 Å². The minimum atomic E-state index is -3.84. The third-order valence-electron chi connectivity index (χ3n) is 6.26. The van der Waals surface area contributed by atoms with Crippen LogP contribution in [0, 0.1) is 12.8 Å². The highest BCUT2D eigenvalue weighted by atomic mass is 35.5. The maximum Gasteiger partial charge on any atom is 0.244 e. The topological polar surface area (TPSA) is 86.8 Å². The molecule has 7 nitrogen and oxygen atoms in total. The van der Waals surface area contributed by atoms with Crippen molar-refractivity contribution < 1.29 is 18.0 Å². The van der Waals surface area contributed by atoms with Crippen LogP contribution in [0.4, 0.5) is 5.69 Å². The molecule has 0 aromatic heterocycles. The highest BCUT2D eigenvalue weighted by Gasteiger charge is 2.33. The molecule has 0 aliphatic rings. The van der Waals surface area contributed by atoms with Gasteiger partial charge in [-0.1, -0.05) is 86.1 Å². The van der Waals surface area contributed by atoms with Crippen LogP contribution in [0.2, 0.25) is 5.02 Å². The number of carbonyl (C=O) groups excluding carboxylic acids is 2. The summed E-state index contributed by atoms with van der Waals surface area (Å²) in [7, 11) is -3.84. The maximum atomic E-state index is 14.0. The predicted octanol–water partition coefficient (Wildman–Crippen LogP) is 4.83. The number of nitrogens with one attached hydrogen (secondary N) is 1. The molecule has 2 amide bonds. The zero-order chi connectivity index (χ0) is 28.6. The van der Waals surface area contributed by atoms with Gasteiger partial charge in [-0.05, 0) is 47.7 Å². The summed E-state index contributed by atoms with van der Waals surface area (Å²) in [4.78, 5) is 29.1. The molecule has 208 valence electrons. The third-order valence-corrected chi connectivity index (χ3v) is 7.62. The van der Waals surface area contributed by atoms with Crippen LogP contribution >= 0.6 is 11.6 Å². The number of sulfonamides is 1. The summed E-state index contributed by atoms with van der Waals surface area (Å²) in [6.07, 6.45) is 1.34. The molecule has 9 heteroatoms. The summed E-state index contributed by atoms with van der Waals surface area (Å²) in [5.74, 6) is -0.553. The van der Waals surface area contributed by atoms with Gasteiger partial charge in [0, 0.05) is 24.5 Å². The van der Waals surface area contributed by atoms with Crippen molar-refractivity contribution in [3.8, 4) is 0 Å². The monoisotopic (exact) mass is 569 g/mol. The highest BCUT2D eigenvalue weighted by Crippen LogP contribution is 2.26. The summed E-state index contributed by atoms with van der Waals surface area (Å²) < 4.78 is 26.9. The van der Waals surface area contributed by atoms with E-state index in [2.05, 4.69) is 5.32 Å². The first-order valence-electron chi connectivity index (χ1n) is 12.8. The molecule has 0 spiro atoms. The van der Waals surface area contributed by atoms with E-state index in [1.807, 2.05) is 74.5 Å². The van der Waals surface area contributed by atoms with Crippen LogP contribution in [0.5, 0.6) is 0 Å². The standard InChI is InChI=1S/C30H36ClN3O4S/c1-22(2)19-32-30(36)28(18-24-11-7-5-8-12-24)33(20-25-13-9-6-10-14-25)29(35)21-34(39(4,37)38)27-16-15-26(31)17-23(27)3/h5-17,22,28H,18-21H2,1-4H3,(H,32,36). The molecule has 0 bridgehead atoms. The van der Waals surface area contributed by atoms with Gasteiger partial charge in [0.15, 0.2) is 0 Å². The van der Waals surface area contributed by atoms with Crippen molar-refractivity contribution in [3.63, 3.8) is 0 Å². The number of hydrogen-bond donors (Lipinski definition) is 1. The van der Waals surface area contributed by atoms with Crippen molar-refractivity contribution in [2.75, 3.05) is 23.7 Å². The van der Waals surface area contributed by atoms with Gasteiger partial charge in [-0.2, -0.15) is 0 Å². The molecule has 3 rings (SSSR count). The lowest BCUT2D eigenvalue weighted by Gasteiger charge is -2.34. The lowest BCUT2D eigenvalue weighted by atomic mass is 10.0. The van der Waals surface area contributed by atoms with E-state index in [9.17, 15) is 18.0 Å². The number of rotatable bonds is 12. The minimum absolute atomic E-state index is 0.142. The van der Waals surface area contributed by atoms with Crippen molar-refractivity contribution in [2.24, 2.45) is 5.92 Å². The van der Waals surface area contributed by atoms with Crippen LogP contribution in [0.3, 0.4) is 0 Å². The van der Waals surface area contributed by atoms with Crippen molar-refractivity contribution >= 4 is 39.1 Å². The van der Waals surface area contributed by atoms with Crippen LogP contribution in [-0.2, 0) is 32.6 Å². The van der Waals surface area contributed by atoms with E-state index < -0.39 is 28.5 Å². The van der Waals surface area contributed by atoms with Crippen molar-refractivity contribution in [3.05, 3.63) is 101 Å². The Labute approximate surface area is 236 Å². The fraction of sp³-hybridized carbons (Fsp3) is 0.333. The molecular weight excluding hydrogens is 534 g/mol. The van der Waals surface area contributed by atoms with E-state index in [-0.39, 0.29) is 24.8 Å². The summed E-state index contributed by atoms with van der Waals surface area (Å²) in [6.45, 7) is 5.87. The molecule has 1 atom stereocenters. The zero-order valence-electron chi connectivity index (χ0n) is 22.8. The Morgan fingerprint density at radius 1 is 0.923 bits per heavy atom. The van der Waals surface area contributed by atoms with Crippen LogP contribution in [0.25, 0.3) is 0 Å². The van der Waals surface area contributed by atoms with Crippen LogP contribution in [0.15, 0.2) is 78.9 Å². The zero-order valence-corrected chi connectivity index (χ0v) is 24.4. The lowest BCUT2D eigenvalue weighted by molar-refractivity contribution is -0.140. The molecular formula is C30H36ClN3O4S. The highest BCUT2D eigenvalue weighted by molar-refractivity contribution is 7.92. The Kier molecular flexibility index (Phi) is 10.5. The molecule has 0 fully saturated rings. The van der Waals surface area contributed by atoms with Crippen molar-refractivity contribution in [1.82, 2.24) is 10.2 Å². The Balaban J connectivity index is 2.04. The van der Waals surface area contributed by atoms with E-state index in [4.69, 9.17) is 11.6 Å². The second-order valence-corrected chi connectivity index (χ2v) is 12.4. The van der Waals surface area contributed by atoms with Crippen molar-refractivity contribution in [1.29, 1.82) is 0 Å². The van der Waals surface area contributed by atoms with E-state index in [0.29, 0.717) is 22.8 Å². The second-order valence-electron chi connectivity index (χ2n) is 10.1. The van der Waals surface area contributed by atoms with E-state index in [0.717, 1.165) is 21.7 Å². The molecule has 1 unspecified atom stereocenters. The second kappa shape index (κ2) is 13.6. The number of benzene rings is 3. The number of hydrogen-bond acceptors (Lipinski definition) is 4. The van der Waals surface area contributed by atoms with Crippen LogP contribution < -0.4 is 9.62 Å². The van der Waals surface area contributed by atoms with E-state index in [1.165, 1.54) is 4.90 Å². The minimum Gasteiger partial charge on any atom is -0.354 e. The number of halogens is 1. The average Bonchev–Trinajstić information content (AvgIpc) is 2.88. The first kappa shape index (κ1) is 30.2. The molecule has 39 heavy (non-hydrogen) atoms. The molecule has 0 aliphatic carbocycles. The molecule has 1 N–H and O–H groups in total. The Bertz CT molecular complexity index is 1370. The number of anilines is 1. The predicted molar refractivity (Wildman–Crippen MR) is 157 cm³/mol. The number of carbonyl (C=O) groups is 2. The smallest absolute Gasteiger partial charge is 0.244 e. The summed E-state index contributed by atoms with van der Waals surface area (Å²) in [5.41, 5.74) is 2.69. The quantitative estimate of drug-likeness (QED) is 0.338. The number of amides is 2. The Morgan fingerprint density at radius 2 is 1.51 bits per heavy atom. The number of aryl methyl sites for hydroxylation is 1. The summed E-state index contributed by atoms with van der Waals surface area (Å²) in [5, 5.41) is 3.44. The molecule has 3 aromatic carbocycles. The van der Waals surface area contributed by atoms with Gasteiger partial charge in [-0.25, -0.2) is 8.42 Å². The van der Waals surface area contributed by atoms with Gasteiger partial charge < -0.3 is 10.2 Å². The normalized spacial score (nSPS) is 12.2. The molecule has 0 saturated carbocycles. The van der Waals surface area contributed by atoms with E-state index in [1.54, 1.807) is 25.1 Å². The van der Waals surface area contributed by atoms with Gasteiger partial charge in [0.05, 0.1) is 11.9 Å². The van der Waals surface area contributed by atoms with Gasteiger partial charge in [0.25, 0.3) is 0 Å². The molecule has 3 aromatic rings. The first-order chi connectivity index (χ1) is 18.5. The van der Waals surface area contributed by atoms with Gasteiger partial charge in [-0.15, -0.1) is 0 Å². The maximum absolute atomic E-state index is 14.0. The molecule has 0 saturated heterocycles. The van der Waals surface area contributed by atoms with Gasteiger partial charge in [0.1, 0.15) is 12.6 Å². The number of nitrogens with zero attached hydrogens (tertiary/aromatic N) is 2. The fourth-order valence-corrected chi connectivity index (χ4v) is 5.38. The Morgan fingerprint density at radius 3 is 2.05 bits per heavy atom. The van der Waals surface area contributed by atoms with Crippen LogP contribution in [0.1, 0.15) is 30.5 Å². The molecule has 0 radical (unpaired) electrons.